The molecular formula is C14H11BrO2. The molecule has 0 heterocycles. The van der Waals surface area contributed by atoms with Crippen LogP contribution in [0.2, 0.25) is 0 Å². The summed E-state index contributed by atoms with van der Waals surface area (Å²) in [4.78, 5) is 10.9. The van der Waals surface area contributed by atoms with Gasteiger partial charge in [0.25, 0.3) is 0 Å². The van der Waals surface area contributed by atoms with Crippen molar-refractivity contribution in [1.82, 2.24) is 0 Å². The lowest BCUT2D eigenvalue weighted by Gasteiger charge is -2.08. The zero-order valence-corrected chi connectivity index (χ0v) is 10.9. The zero-order chi connectivity index (χ0) is 12.3. The normalized spacial score (nSPS) is 10.0. The molecule has 0 aliphatic heterocycles. The third-order valence-corrected chi connectivity index (χ3v) is 2.81. The van der Waals surface area contributed by atoms with E-state index in [1.807, 2.05) is 37.3 Å². The Morgan fingerprint density at radius 1 is 1.18 bits per heavy atom. The molecule has 2 aromatic carbocycles. The van der Waals surface area contributed by atoms with Crippen LogP contribution in [-0.2, 0) is 0 Å². The number of aryl methyl sites for hydroxylation is 1. The Kier molecular flexibility index (Phi) is 3.59. The van der Waals surface area contributed by atoms with Crippen LogP contribution >= 0.6 is 15.9 Å². The van der Waals surface area contributed by atoms with Gasteiger partial charge < -0.3 is 4.74 Å². The van der Waals surface area contributed by atoms with Gasteiger partial charge in [0.2, 0.25) is 0 Å². The van der Waals surface area contributed by atoms with Crippen molar-refractivity contribution in [3.8, 4) is 11.5 Å². The summed E-state index contributed by atoms with van der Waals surface area (Å²) in [5, 5.41) is 0. The van der Waals surface area contributed by atoms with E-state index < -0.39 is 0 Å². The van der Waals surface area contributed by atoms with Gasteiger partial charge in [-0.1, -0.05) is 28.1 Å². The van der Waals surface area contributed by atoms with Crippen molar-refractivity contribution < 1.29 is 9.53 Å². The van der Waals surface area contributed by atoms with E-state index in [1.165, 1.54) is 0 Å². The third-order valence-electron chi connectivity index (χ3n) is 2.32. The smallest absolute Gasteiger partial charge is 0.153 e. The number of aldehydes is 1. The molecule has 0 unspecified atom stereocenters. The highest BCUT2D eigenvalue weighted by Gasteiger charge is 2.05. The molecule has 0 aliphatic rings. The number of ether oxygens (including phenoxy) is 1. The fourth-order valence-electron chi connectivity index (χ4n) is 1.51. The van der Waals surface area contributed by atoms with E-state index in [2.05, 4.69) is 15.9 Å². The van der Waals surface area contributed by atoms with Gasteiger partial charge in [-0.25, -0.2) is 0 Å². The molecule has 3 heteroatoms. The van der Waals surface area contributed by atoms with Gasteiger partial charge in [0.05, 0.1) is 5.56 Å². The van der Waals surface area contributed by atoms with E-state index >= 15 is 0 Å². The molecule has 0 aliphatic carbocycles. The molecule has 0 amide bonds. The highest BCUT2D eigenvalue weighted by Crippen LogP contribution is 2.27. The molecule has 0 saturated carbocycles. The lowest BCUT2D eigenvalue weighted by molar-refractivity contribution is 0.112. The lowest BCUT2D eigenvalue weighted by Crippen LogP contribution is -1.90. The molecule has 0 spiro atoms. The number of halogens is 1. The minimum Gasteiger partial charge on any atom is -0.457 e. The van der Waals surface area contributed by atoms with Crippen LogP contribution in [0.15, 0.2) is 46.9 Å². The molecule has 2 rings (SSSR count). The number of hydrogen-bond donors (Lipinski definition) is 0. The number of carbonyl (C=O) groups excluding carboxylic acids is 1. The van der Waals surface area contributed by atoms with E-state index in [0.717, 1.165) is 22.1 Å². The second-order valence-corrected chi connectivity index (χ2v) is 4.63. The third kappa shape index (κ3) is 2.94. The number of carbonyl (C=O) groups is 1. The summed E-state index contributed by atoms with van der Waals surface area (Å²) >= 11 is 3.32. The summed E-state index contributed by atoms with van der Waals surface area (Å²) in [6.45, 7) is 2.00. The first-order valence-corrected chi connectivity index (χ1v) is 5.97. The second-order valence-electron chi connectivity index (χ2n) is 3.72. The number of rotatable bonds is 3. The molecule has 0 fully saturated rings. The Balaban J connectivity index is 2.32. The molecule has 0 atom stereocenters. The zero-order valence-electron chi connectivity index (χ0n) is 9.31. The maximum Gasteiger partial charge on any atom is 0.153 e. The van der Waals surface area contributed by atoms with Gasteiger partial charge in [-0.15, -0.1) is 0 Å². The molecule has 0 bridgehead atoms. The van der Waals surface area contributed by atoms with Gasteiger partial charge in [-0.05, 0) is 42.8 Å². The maximum absolute atomic E-state index is 10.9. The Morgan fingerprint density at radius 2 is 2.00 bits per heavy atom. The SMILES string of the molecule is Cc1cccc(Oc2ccc(Br)cc2C=O)c1. The summed E-state index contributed by atoms with van der Waals surface area (Å²) in [6, 6.07) is 13.1. The van der Waals surface area contributed by atoms with Crippen LogP contribution < -0.4 is 4.74 Å². The van der Waals surface area contributed by atoms with Crippen molar-refractivity contribution in [2.75, 3.05) is 0 Å². The highest BCUT2D eigenvalue weighted by molar-refractivity contribution is 9.10. The van der Waals surface area contributed by atoms with Crippen LogP contribution in [0.5, 0.6) is 11.5 Å². The highest BCUT2D eigenvalue weighted by atomic mass is 79.9. The van der Waals surface area contributed by atoms with Crippen LogP contribution in [0.25, 0.3) is 0 Å². The van der Waals surface area contributed by atoms with Gasteiger partial charge >= 0.3 is 0 Å². The van der Waals surface area contributed by atoms with Crippen LogP contribution in [0.1, 0.15) is 15.9 Å². The average Bonchev–Trinajstić information content (AvgIpc) is 2.31. The Hall–Kier alpha value is -1.61. The van der Waals surface area contributed by atoms with Crippen molar-refractivity contribution in [3.63, 3.8) is 0 Å². The van der Waals surface area contributed by atoms with E-state index in [4.69, 9.17) is 4.74 Å². The largest absolute Gasteiger partial charge is 0.457 e. The Morgan fingerprint density at radius 3 is 2.71 bits per heavy atom. The quantitative estimate of drug-likeness (QED) is 0.785. The van der Waals surface area contributed by atoms with Gasteiger partial charge in [0, 0.05) is 4.47 Å². The topological polar surface area (TPSA) is 26.3 Å². The van der Waals surface area contributed by atoms with Crippen molar-refractivity contribution in [2.45, 2.75) is 6.92 Å². The fraction of sp³-hybridized carbons (Fsp3) is 0.0714. The Labute approximate surface area is 108 Å². The number of benzene rings is 2. The predicted octanol–water partition coefficient (Wildman–Crippen LogP) is 4.36. The van der Waals surface area contributed by atoms with Crippen LogP contribution in [0.4, 0.5) is 0 Å². The first-order valence-electron chi connectivity index (χ1n) is 5.18. The van der Waals surface area contributed by atoms with E-state index in [0.29, 0.717) is 11.3 Å². The number of hydrogen-bond acceptors (Lipinski definition) is 2. The summed E-state index contributed by atoms with van der Waals surface area (Å²) in [6.07, 6.45) is 0.788. The first kappa shape index (κ1) is 11.9. The van der Waals surface area contributed by atoms with Gasteiger partial charge in [0.1, 0.15) is 11.5 Å². The minimum atomic E-state index is 0.529. The van der Waals surface area contributed by atoms with E-state index in [1.54, 1.807) is 12.1 Å². The second kappa shape index (κ2) is 5.15. The molecule has 17 heavy (non-hydrogen) atoms. The maximum atomic E-state index is 10.9. The summed E-state index contributed by atoms with van der Waals surface area (Å²) < 4.78 is 6.54. The molecule has 0 radical (unpaired) electrons. The summed E-state index contributed by atoms with van der Waals surface area (Å²) in [5.41, 5.74) is 1.65. The van der Waals surface area contributed by atoms with Crippen molar-refractivity contribution in [2.24, 2.45) is 0 Å². The molecule has 2 aromatic rings. The molecule has 0 saturated heterocycles. The molecule has 0 aromatic heterocycles. The molecule has 2 nitrogen and oxygen atoms in total. The standard InChI is InChI=1S/C14H11BrO2/c1-10-3-2-4-13(7-10)17-14-6-5-12(15)8-11(14)9-16/h2-9H,1H3. The van der Waals surface area contributed by atoms with Crippen LogP contribution in [-0.4, -0.2) is 6.29 Å². The summed E-state index contributed by atoms with van der Waals surface area (Å²) in [5.74, 6) is 1.30. The van der Waals surface area contributed by atoms with Gasteiger partial charge in [0.15, 0.2) is 6.29 Å². The first-order chi connectivity index (χ1) is 8.19. The van der Waals surface area contributed by atoms with Crippen LogP contribution in [0, 0.1) is 6.92 Å². The van der Waals surface area contributed by atoms with E-state index in [-0.39, 0.29) is 0 Å². The fourth-order valence-corrected chi connectivity index (χ4v) is 1.89. The lowest BCUT2D eigenvalue weighted by atomic mass is 10.2. The molecule has 86 valence electrons. The average molecular weight is 291 g/mol. The van der Waals surface area contributed by atoms with Crippen LogP contribution in [0.3, 0.4) is 0 Å². The van der Waals surface area contributed by atoms with Crippen molar-refractivity contribution in [3.05, 3.63) is 58.1 Å². The molecular weight excluding hydrogens is 280 g/mol. The van der Waals surface area contributed by atoms with Crippen molar-refractivity contribution >= 4 is 22.2 Å². The van der Waals surface area contributed by atoms with Gasteiger partial charge in [-0.3, -0.25) is 4.79 Å². The minimum absolute atomic E-state index is 0.529. The molecule has 0 N–H and O–H groups in total. The monoisotopic (exact) mass is 290 g/mol. The van der Waals surface area contributed by atoms with Crippen molar-refractivity contribution in [1.29, 1.82) is 0 Å². The van der Waals surface area contributed by atoms with E-state index in [9.17, 15) is 4.79 Å². The Bertz CT molecular complexity index is 550. The summed E-state index contributed by atoms with van der Waals surface area (Å²) in [7, 11) is 0. The predicted molar refractivity (Wildman–Crippen MR) is 70.8 cm³/mol. The van der Waals surface area contributed by atoms with Gasteiger partial charge in [-0.2, -0.15) is 0 Å².